The van der Waals surface area contributed by atoms with E-state index < -0.39 is 11.8 Å². The van der Waals surface area contributed by atoms with Gasteiger partial charge >= 0.3 is 11.8 Å². The quantitative estimate of drug-likeness (QED) is 0.564. The van der Waals surface area contributed by atoms with E-state index in [4.69, 9.17) is 4.74 Å². The number of benzene rings is 1. The summed E-state index contributed by atoms with van der Waals surface area (Å²) in [5.74, 6) is -0.551. The molecule has 22 heavy (non-hydrogen) atoms. The van der Waals surface area contributed by atoms with Gasteiger partial charge in [0.15, 0.2) is 0 Å². The van der Waals surface area contributed by atoms with Crippen molar-refractivity contribution < 1.29 is 14.3 Å². The minimum Gasteiger partial charge on any atom is -0.494 e. The van der Waals surface area contributed by atoms with Crippen LogP contribution in [0.3, 0.4) is 0 Å². The molecule has 0 aliphatic rings. The summed E-state index contributed by atoms with van der Waals surface area (Å²) in [5.41, 5.74) is 0.565. The Bertz CT molecular complexity index is 472. The lowest BCUT2D eigenvalue weighted by Gasteiger charge is -2.10. The lowest BCUT2D eigenvalue weighted by molar-refractivity contribution is -0.136. The molecule has 6 nitrogen and oxygen atoms in total. The summed E-state index contributed by atoms with van der Waals surface area (Å²) < 4.78 is 5.53. The fraction of sp³-hybridized carbons (Fsp3) is 0.500. The monoisotopic (exact) mass is 307 g/mol. The van der Waals surface area contributed by atoms with Crippen molar-refractivity contribution in [2.75, 3.05) is 39.1 Å². The molecule has 0 radical (unpaired) electrons. The summed E-state index contributed by atoms with van der Waals surface area (Å²) >= 11 is 0. The molecular weight excluding hydrogens is 282 g/mol. The lowest BCUT2D eigenvalue weighted by atomic mass is 10.3. The molecule has 0 aliphatic carbocycles. The smallest absolute Gasteiger partial charge is 0.313 e. The average molecular weight is 307 g/mol. The number of unbranched alkanes of at least 4 members (excludes halogenated alkanes) is 1. The van der Waals surface area contributed by atoms with Crippen LogP contribution in [0.4, 0.5) is 5.69 Å². The second kappa shape index (κ2) is 9.78. The fourth-order valence-electron chi connectivity index (χ4n) is 1.63. The van der Waals surface area contributed by atoms with Crippen molar-refractivity contribution in [2.45, 2.75) is 19.8 Å². The van der Waals surface area contributed by atoms with E-state index in [9.17, 15) is 9.59 Å². The molecule has 0 saturated carbocycles. The van der Waals surface area contributed by atoms with E-state index >= 15 is 0 Å². The number of likely N-dealkylation sites (N-methyl/N-ethyl adjacent to an activating group) is 1. The summed E-state index contributed by atoms with van der Waals surface area (Å²) in [6, 6.07) is 6.98. The molecule has 0 fully saturated rings. The Morgan fingerprint density at radius 2 is 1.82 bits per heavy atom. The number of ether oxygens (including phenoxy) is 1. The van der Waals surface area contributed by atoms with Crippen molar-refractivity contribution in [3.63, 3.8) is 0 Å². The normalized spacial score (nSPS) is 10.4. The van der Waals surface area contributed by atoms with E-state index in [1.807, 2.05) is 19.0 Å². The summed E-state index contributed by atoms with van der Waals surface area (Å²) in [5, 5.41) is 5.12. The number of carbonyl (C=O) groups excluding carboxylic acids is 2. The first-order valence-electron chi connectivity index (χ1n) is 7.49. The van der Waals surface area contributed by atoms with Crippen LogP contribution >= 0.6 is 0 Å². The largest absolute Gasteiger partial charge is 0.494 e. The van der Waals surface area contributed by atoms with Gasteiger partial charge in [-0.1, -0.05) is 13.3 Å². The molecule has 6 heteroatoms. The number of carbonyl (C=O) groups is 2. The van der Waals surface area contributed by atoms with Crippen LogP contribution in [0, 0.1) is 0 Å². The van der Waals surface area contributed by atoms with E-state index in [2.05, 4.69) is 17.6 Å². The van der Waals surface area contributed by atoms with E-state index in [1.54, 1.807) is 24.3 Å². The van der Waals surface area contributed by atoms with Crippen LogP contribution in [0.15, 0.2) is 24.3 Å². The van der Waals surface area contributed by atoms with Crippen LogP contribution in [0.2, 0.25) is 0 Å². The number of hydrogen-bond acceptors (Lipinski definition) is 4. The van der Waals surface area contributed by atoms with E-state index in [0.717, 1.165) is 18.6 Å². The van der Waals surface area contributed by atoms with Gasteiger partial charge in [0.05, 0.1) is 6.61 Å². The van der Waals surface area contributed by atoms with Crippen molar-refractivity contribution in [1.82, 2.24) is 10.2 Å². The van der Waals surface area contributed by atoms with Crippen LogP contribution in [0.1, 0.15) is 19.8 Å². The third kappa shape index (κ3) is 7.08. The SMILES string of the molecule is CCCCOc1ccc(NC(=O)C(=O)NCCN(C)C)cc1. The van der Waals surface area contributed by atoms with Gasteiger partial charge in [-0.05, 0) is 44.8 Å². The van der Waals surface area contributed by atoms with Crippen molar-refractivity contribution >= 4 is 17.5 Å². The van der Waals surface area contributed by atoms with Gasteiger partial charge in [0.25, 0.3) is 0 Å². The molecule has 0 aliphatic heterocycles. The second-order valence-electron chi connectivity index (χ2n) is 5.24. The van der Waals surface area contributed by atoms with Crippen LogP contribution in [0.25, 0.3) is 0 Å². The zero-order valence-corrected chi connectivity index (χ0v) is 13.5. The highest BCUT2D eigenvalue weighted by atomic mass is 16.5. The standard InChI is InChI=1S/C16H25N3O3/c1-4-5-12-22-14-8-6-13(7-9-14)18-16(21)15(20)17-10-11-19(2)3/h6-9H,4-5,10-12H2,1-3H3,(H,17,20)(H,18,21). The molecule has 2 amide bonds. The molecule has 0 atom stereocenters. The van der Waals surface area contributed by atoms with Crippen molar-refractivity contribution in [3.05, 3.63) is 24.3 Å². The predicted octanol–water partition coefficient (Wildman–Crippen LogP) is 1.48. The minimum absolute atomic E-state index is 0.434. The highest BCUT2D eigenvalue weighted by molar-refractivity contribution is 6.39. The van der Waals surface area contributed by atoms with Gasteiger partial charge in [-0.3, -0.25) is 9.59 Å². The summed E-state index contributed by atoms with van der Waals surface area (Å²) in [6.07, 6.45) is 2.09. The van der Waals surface area contributed by atoms with E-state index in [1.165, 1.54) is 0 Å². The number of anilines is 1. The lowest BCUT2D eigenvalue weighted by Crippen LogP contribution is -2.38. The first-order valence-corrected chi connectivity index (χ1v) is 7.49. The average Bonchev–Trinajstić information content (AvgIpc) is 2.48. The Balaban J connectivity index is 2.39. The van der Waals surface area contributed by atoms with E-state index in [-0.39, 0.29) is 0 Å². The van der Waals surface area contributed by atoms with Gasteiger partial charge < -0.3 is 20.3 Å². The van der Waals surface area contributed by atoms with Crippen LogP contribution in [-0.4, -0.2) is 50.5 Å². The molecule has 2 N–H and O–H groups in total. The van der Waals surface area contributed by atoms with Gasteiger partial charge in [-0.2, -0.15) is 0 Å². The van der Waals surface area contributed by atoms with Gasteiger partial charge in [-0.15, -0.1) is 0 Å². The molecule has 1 rings (SSSR count). The Labute approximate surface area is 131 Å². The molecule has 0 spiro atoms. The molecule has 0 saturated heterocycles. The van der Waals surface area contributed by atoms with Crippen LogP contribution in [-0.2, 0) is 9.59 Å². The number of nitrogens with zero attached hydrogens (tertiary/aromatic N) is 1. The molecule has 1 aromatic carbocycles. The Morgan fingerprint density at radius 1 is 1.14 bits per heavy atom. The van der Waals surface area contributed by atoms with Gasteiger partial charge in [0.2, 0.25) is 0 Å². The molecule has 1 aromatic rings. The summed E-state index contributed by atoms with van der Waals surface area (Å²) in [7, 11) is 3.80. The molecular formula is C16H25N3O3. The highest BCUT2D eigenvalue weighted by Gasteiger charge is 2.12. The first kappa shape index (κ1) is 18.0. The van der Waals surface area contributed by atoms with Crippen molar-refractivity contribution in [1.29, 1.82) is 0 Å². The fourth-order valence-corrected chi connectivity index (χ4v) is 1.63. The first-order chi connectivity index (χ1) is 10.5. The van der Waals surface area contributed by atoms with Crippen LogP contribution in [0.5, 0.6) is 5.75 Å². The Kier molecular flexibility index (Phi) is 7.99. The topological polar surface area (TPSA) is 70.7 Å². The third-order valence-electron chi connectivity index (χ3n) is 2.93. The van der Waals surface area contributed by atoms with E-state index in [0.29, 0.717) is 25.4 Å². The molecule has 0 unspecified atom stereocenters. The summed E-state index contributed by atoms with van der Waals surface area (Å²) in [6.45, 7) is 3.90. The number of hydrogen-bond donors (Lipinski definition) is 2. The van der Waals surface area contributed by atoms with Crippen molar-refractivity contribution in [2.24, 2.45) is 0 Å². The van der Waals surface area contributed by atoms with Gasteiger partial charge in [-0.25, -0.2) is 0 Å². The number of nitrogens with one attached hydrogen (secondary N) is 2. The predicted molar refractivity (Wildman–Crippen MR) is 87.0 cm³/mol. The third-order valence-corrected chi connectivity index (χ3v) is 2.93. The molecule has 0 aromatic heterocycles. The Morgan fingerprint density at radius 3 is 2.41 bits per heavy atom. The maximum Gasteiger partial charge on any atom is 0.313 e. The zero-order valence-electron chi connectivity index (χ0n) is 13.5. The Hall–Kier alpha value is -2.08. The highest BCUT2D eigenvalue weighted by Crippen LogP contribution is 2.15. The number of rotatable bonds is 8. The zero-order chi connectivity index (χ0) is 16.4. The molecule has 0 heterocycles. The summed E-state index contributed by atoms with van der Waals surface area (Å²) in [4.78, 5) is 25.2. The van der Waals surface area contributed by atoms with Crippen molar-refractivity contribution in [3.8, 4) is 5.75 Å². The minimum atomic E-state index is -0.668. The van der Waals surface area contributed by atoms with Gasteiger partial charge in [0, 0.05) is 18.8 Å². The number of amides is 2. The molecule has 0 bridgehead atoms. The maximum atomic E-state index is 11.7. The molecule has 122 valence electrons. The second-order valence-corrected chi connectivity index (χ2v) is 5.24. The van der Waals surface area contributed by atoms with Gasteiger partial charge in [0.1, 0.15) is 5.75 Å². The maximum absolute atomic E-state index is 11.7. The van der Waals surface area contributed by atoms with Crippen LogP contribution < -0.4 is 15.4 Å².